The Bertz CT molecular complexity index is 410. The number of nitrogens with zero attached hydrogens (tertiary/aromatic N) is 2. The highest BCUT2D eigenvalue weighted by molar-refractivity contribution is 5.93. The van der Waals surface area contributed by atoms with E-state index in [2.05, 4.69) is 22.1 Å². The van der Waals surface area contributed by atoms with E-state index in [1.807, 2.05) is 24.3 Å². The van der Waals surface area contributed by atoms with Crippen molar-refractivity contribution in [1.82, 2.24) is 15.2 Å². The maximum Gasteiger partial charge on any atom is 0.265 e. The number of likely N-dealkylation sites (N-methyl/N-ethyl adjacent to an activating group) is 1. The summed E-state index contributed by atoms with van der Waals surface area (Å²) in [6.07, 6.45) is 0. The van der Waals surface area contributed by atoms with Crippen molar-refractivity contribution < 1.29 is 4.79 Å². The maximum absolute atomic E-state index is 11.3. The molecule has 3 N–H and O–H groups in total. The van der Waals surface area contributed by atoms with E-state index in [-0.39, 0.29) is 5.91 Å². The smallest absolute Gasteiger partial charge is 0.265 e. The maximum atomic E-state index is 11.3. The van der Waals surface area contributed by atoms with Gasteiger partial charge < -0.3 is 4.90 Å². The van der Waals surface area contributed by atoms with E-state index in [9.17, 15) is 4.79 Å². The van der Waals surface area contributed by atoms with Gasteiger partial charge in [-0.15, -0.1) is 0 Å². The molecule has 1 amide bonds. The lowest BCUT2D eigenvalue weighted by Crippen LogP contribution is -2.45. The van der Waals surface area contributed by atoms with Gasteiger partial charge in [0.25, 0.3) is 5.91 Å². The van der Waals surface area contributed by atoms with E-state index in [4.69, 9.17) is 5.84 Å². The number of benzene rings is 1. The average Bonchev–Trinajstić information content (AvgIpc) is 2.48. The molecule has 0 radical (unpaired) electrons. The van der Waals surface area contributed by atoms with Gasteiger partial charge in [0.15, 0.2) is 0 Å². The quantitative estimate of drug-likeness (QED) is 0.469. The van der Waals surface area contributed by atoms with Crippen molar-refractivity contribution in [3.05, 3.63) is 35.4 Å². The fourth-order valence-corrected chi connectivity index (χ4v) is 2.37. The van der Waals surface area contributed by atoms with Crippen molar-refractivity contribution in [3.8, 4) is 0 Å². The van der Waals surface area contributed by atoms with Crippen LogP contribution in [0.3, 0.4) is 0 Å². The number of nitrogens with two attached hydrogens (primary N) is 1. The third kappa shape index (κ3) is 3.76. The number of carbonyl (C=O) groups excluding carboxylic acids is 1. The first-order chi connectivity index (χ1) is 9.22. The molecule has 1 fully saturated rings. The summed E-state index contributed by atoms with van der Waals surface area (Å²) in [7, 11) is 0. The van der Waals surface area contributed by atoms with Crippen LogP contribution >= 0.6 is 0 Å². The van der Waals surface area contributed by atoms with Crippen LogP contribution in [0.5, 0.6) is 0 Å². The molecule has 0 unspecified atom stereocenters. The molecule has 1 aliphatic heterocycles. The van der Waals surface area contributed by atoms with Crippen LogP contribution in [-0.2, 0) is 6.54 Å². The van der Waals surface area contributed by atoms with E-state index in [0.29, 0.717) is 5.56 Å². The van der Waals surface area contributed by atoms with Crippen LogP contribution in [0.4, 0.5) is 0 Å². The standard InChI is InChI=1S/C14H22N4O/c1-2-17-7-9-18(10-8-17)11-12-3-5-13(6-4-12)14(19)16-15/h3-6H,2,7-11,15H2,1H3,(H,16,19). The van der Waals surface area contributed by atoms with Crippen LogP contribution in [0.25, 0.3) is 0 Å². The van der Waals surface area contributed by atoms with Gasteiger partial charge in [0.1, 0.15) is 0 Å². The first-order valence-corrected chi connectivity index (χ1v) is 6.77. The molecule has 2 rings (SSSR count). The van der Waals surface area contributed by atoms with Gasteiger partial charge in [-0.2, -0.15) is 0 Å². The molecule has 1 aromatic carbocycles. The third-order valence-electron chi connectivity index (χ3n) is 3.67. The van der Waals surface area contributed by atoms with Gasteiger partial charge in [0, 0.05) is 38.3 Å². The second-order valence-electron chi connectivity index (χ2n) is 4.88. The van der Waals surface area contributed by atoms with Gasteiger partial charge in [-0.25, -0.2) is 5.84 Å². The summed E-state index contributed by atoms with van der Waals surface area (Å²) < 4.78 is 0. The predicted molar refractivity (Wildman–Crippen MR) is 75.5 cm³/mol. The van der Waals surface area contributed by atoms with Crippen LogP contribution in [-0.4, -0.2) is 48.4 Å². The Labute approximate surface area is 114 Å². The molecule has 0 atom stereocenters. The molecule has 1 aliphatic rings. The summed E-state index contributed by atoms with van der Waals surface area (Å²) in [5.41, 5.74) is 3.97. The number of rotatable bonds is 4. The largest absolute Gasteiger partial charge is 0.301 e. The van der Waals surface area contributed by atoms with E-state index in [1.54, 1.807) is 0 Å². The van der Waals surface area contributed by atoms with Gasteiger partial charge in [-0.05, 0) is 24.2 Å². The SMILES string of the molecule is CCN1CCN(Cc2ccc(C(=O)NN)cc2)CC1. The number of nitrogen functional groups attached to an aromatic ring is 1. The van der Waals surface area contributed by atoms with E-state index < -0.39 is 0 Å². The van der Waals surface area contributed by atoms with Crippen molar-refractivity contribution >= 4 is 5.91 Å². The van der Waals surface area contributed by atoms with Crippen molar-refractivity contribution in [2.45, 2.75) is 13.5 Å². The molecule has 104 valence electrons. The molecule has 0 spiro atoms. The van der Waals surface area contributed by atoms with Crippen molar-refractivity contribution in [2.24, 2.45) is 5.84 Å². The fourth-order valence-electron chi connectivity index (χ4n) is 2.37. The normalized spacial score (nSPS) is 17.4. The number of hydrogen-bond acceptors (Lipinski definition) is 4. The summed E-state index contributed by atoms with van der Waals surface area (Å²) >= 11 is 0. The molecule has 19 heavy (non-hydrogen) atoms. The summed E-state index contributed by atoms with van der Waals surface area (Å²) in [5.74, 6) is 4.86. The number of hydrogen-bond donors (Lipinski definition) is 2. The number of carbonyl (C=O) groups is 1. The highest BCUT2D eigenvalue weighted by Crippen LogP contribution is 2.10. The Morgan fingerprint density at radius 2 is 1.74 bits per heavy atom. The Hall–Kier alpha value is -1.43. The lowest BCUT2D eigenvalue weighted by molar-refractivity contribution is 0.0953. The Morgan fingerprint density at radius 1 is 1.16 bits per heavy atom. The molecule has 0 saturated carbocycles. The highest BCUT2D eigenvalue weighted by atomic mass is 16.2. The fraction of sp³-hybridized carbons (Fsp3) is 0.500. The van der Waals surface area contributed by atoms with E-state index in [0.717, 1.165) is 39.3 Å². The van der Waals surface area contributed by atoms with Crippen molar-refractivity contribution in [2.75, 3.05) is 32.7 Å². The minimum absolute atomic E-state index is 0.247. The minimum Gasteiger partial charge on any atom is -0.301 e. The Kier molecular flexibility index (Phi) is 4.90. The molecule has 1 saturated heterocycles. The summed E-state index contributed by atoms with van der Waals surface area (Å²) in [5, 5.41) is 0. The average molecular weight is 262 g/mol. The molecular formula is C14H22N4O. The zero-order valence-electron chi connectivity index (χ0n) is 11.4. The summed E-state index contributed by atoms with van der Waals surface area (Å²) in [6, 6.07) is 7.63. The van der Waals surface area contributed by atoms with Crippen LogP contribution in [0, 0.1) is 0 Å². The summed E-state index contributed by atoms with van der Waals surface area (Å²) in [6.45, 7) is 8.79. The lowest BCUT2D eigenvalue weighted by Gasteiger charge is -2.34. The molecule has 0 aliphatic carbocycles. The highest BCUT2D eigenvalue weighted by Gasteiger charge is 2.15. The second-order valence-corrected chi connectivity index (χ2v) is 4.88. The topological polar surface area (TPSA) is 61.6 Å². The molecule has 1 aromatic rings. The molecule has 0 bridgehead atoms. The minimum atomic E-state index is -0.247. The van der Waals surface area contributed by atoms with Crippen LogP contribution in [0.1, 0.15) is 22.8 Å². The first-order valence-electron chi connectivity index (χ1n) is 6.77. The van der Waals surface area contributed by atoms with Crippen molar-refractivity contribution in [1.29, 1.82) is 0 Å². The monoisotopic (exact) mass is 262 g/mol. The first kappa shape index (κ1) is 14.0. The zero-order chi connectivity index (χ0) is 13.7. The molecule has 5 heteroatoms. The van der Waals surface area contributed by atoms with Gasteiger partial charge >= 0.3 is 0 Å². The van der Waals surface area contributed by atoms with Crippen LogP contribution in [0.15, 0.2) is 24.3 Å². The van der Waals surface area contributed by atoms with Gasteiger partial charge in [-0.3, -0.25) is 15.1 Å². The number of amides is 1. The molecular weight excluding hydrogens is 240 g/mol. The molecule has 5 nitrogen and oxygen atoms in total. The summed E-state index contributed by atoms with van der Waals surface area (Å²) in [4.78, 5) is 16.2. The van der Waals surface area contributed by atoms with Gasteiger partial charge in [0.2, 0.25) is 0 Å². The van der Waals surface area contributed by atoms with Gasteiger partial charge in [-0.1, -0.05) is 19.1 Å². The lowest BCUT2D eigenvalue weighted by atomic mass is 10.1. The molecule has 0 aromatic heterocycles. The van der Waals surface area contributed by atoms with Crippen molar-refractivity contribution in [3.63, 3.8) is 0 Å². The van der Waals surface area contributed by atoms with E-state index >= 15 is 0 Å². The second kappa shape index (κ2) is 6.65. The van der Waals surface area contributed by atoms with Gasteiger partial charge in [0.05, 0.1) is 0 Å². The molecule has 1 heterocycles. The Balaban J connectivity index is 1.88. The zero-order valence-corrected chi connectivity index (χ0v) is 11.4. The predicted octanol–water partition coefficient (Wildman–Crippen LogP) is 0.428. The van der Waals surface area contributed by atoms with Crippen LogP contribution in [0.2, 0.25) is 0 Å². The third-order valence-corrected chi connectivity index (χ3v) is 3.67. The van der Waals surface area contributed by atoms with Crippen LogP contribution < -0.4 is 11.3 Å². The number of nitrogens with one attached hydrogen (secondary N) is 1. The number of piperazine rings is 1. The Morgan fingerprint density at radius 3 is 2.26 bits per heavy atom. The van der Waals surface area contributed by atoms with E-state index in [1.165, 1.54) is 5.56 Å². The number of hydrazine groups is 1.